The zero-order chi connectivity index (χ0) is 14.7. The number of amides is 1. The van der Waals surface area contributed by atoms with E-state index in [1.54, 1.807) is 6.20 Å². The molecule has 0 radical (unpaired) electrons. The number of morpholine rings is 1. The van der Waals surface area contributed by atoms with Crippen LogP contribution in [-0.4, -0.2) is 47.6 Å². The van der Waals surface area contributed by atoms with Gasteiger partial charge in [-0.1, -0.05) is 6.92 Å². The average molecular weight is 289 g/mol. The van der Waals surface area contributed by atoms with E-state index in [9.17, 15) is 4.79 Å². The van der Waals surface area contributed by atoms with E-state index in [2.05, 4.69) is 17.2 Å². The third-order valence-electron chi connectivity index (χ3n) is 4.31. The zero-order valence-corrected chi connectivity index (χ0v) is 12.5. The highest BCUT2D eigenvalue weighted by Gasteiger charge is 2.38. The molecule has 1 aromatic heterocycles. The maximum absolute atomic E-state index is 12.7. The predicted octanol–water partition coefficient (Wildman–Crippen LogP) is 2.30. The summed E-state index contributed by atoms with van der Waals surface area (Å²) in [6.07, 6.45) is 6.25. The van der Waals surface area contributed by atoms with Crippen LogP contribution in [0.3, 0.4) is 0 Å². The van der Waals surface area contributed by atoms with Crippen LogP contribution in [0.15, 0.2) is 18.3 Å². The average Bonchev–Trinajstić information content (AvgIpc) is 3.01. The molecule has 5 heteroatoms. The summed E-state index contributed by atoms with van der Waals surface area (Å²) in [5, 5.41) is 3.22. The first-order valence-corrected chi connectivity index (χ1v) is 7.92. The first kappa shape index (κ1) is 14.3. The molecule has 2 aliphatic rings. The number of rotatable bonds is 4. The number of nitrogens with one attached hydrogen (secondary N) is 1. The maximum atomic E-state index is 12.7. The van der Waals surface area contributed by atoms with Gasteiger partial charge in [0.15, 0.2) is 0 Å². The van der Waals surface area contributed by atoms with E-state index in [1.807, 2.05) is 17.0 Å². The van der Waals surface area contributed by atoms with E-state index in [0.29, 0.717) is 18.7 Å². The number of carbonyl (C=O) groups excluding carboxylic acids is 1. The lowest BCUT2D eigenvalue weighted by Gasteiger charge is -2.37. The second-order valence-electron chi connectivity index (χ2n) is 5.76. The van der Waals surface area contributed by atoms with Gasteiger partial charge in [-0.3, -0.25) is 4.79 Å². The normalized spacial score (nSPS) is 24.7. The van der Waals surface area contributed by atoms with Crippen LogP contribution < -0.4 is 5.32 Å². The Balaban J connectivity index is 1.69. The first-order chi connectivity index (χ1) is 10.3. The van der Waals surface area contributed by atoms with Gasteiger partial charge >= 0.3 is 0 Å². The Morgan fingerprint density at radius 1 is 1.48 bits per heavy atom. The third kappa shape index (κ3) is 3.02. The van der Waals surface area contributed by atoms with Crippen molar-refractivity contribution in [2.24, 2.45) is 0 Å². The minimum Gasteiger partial charge on any atom is -0.374 e. The summed E-state index contributed by atoms with van der Waals surface area (Å²) in [6.45, 7) is 4.35. The maximum Gasteiger partial charge on any atom is 0.255 e. The highest BCUT2D eigenvalue weighted by atomic mass is 16.5. The molecular formula is C16H23N3O2. The molecule has 2 heterocycles. The van der Waals surface area contributed by atoms with Crippen LogP contribution >= 0.6 is 0 Å². The van der Waals surface area contributed by atoms with Crippen molar-refractivity contribution in [3.63, 3.8) is 0 Å². The van der Waals surface area contributed by atoms with Crippen LogP contribution in [0.5, 0.6) is 0 Å². The highest BCUT2D eigenvalue weighted by Crippen LogP contribution is 2.30. The van der Waals surface area contributed by atoms with Crippen LogP contribution in [0.1, 0.15) is 43.0 Å². The molecule has 2 fully saturated rings. The van der Waals surface area contributed by atoms with Gasteiger partial charge < -0.3 is 15.0 Å². The Morgan fingerprint density at radius 2 is 2.38 bits per heavy atom. The smallest absolute Gasteiger partial charge is 0.255 e. The van der Waals surface area contributed by atoms with E-state index in [4.69, 9.17) is 4.74 Å². The monoisotopic (exact) mass is 289 g/mol. The summed E-state index contributed by atoms with van der Waals surface area (Å²) in [6, 6.07) is 4.01. The van der Waals surface area contributed by atoms with Crippen LogP contribution in [0.4, 0.5) is 5.82 Å². The molecule has 2 unspecified atom stereocenters. The van der Waals surface area contributed by atoms with Crippen LogP contribution in [0.25, 0.3) is 0 Å². The second-order valence-corrected chi connectivity index (χ2v) is 5.76. The van der Waals surface area contributed by atoms with Gasteiger partial charge in [0.1, 0.15) is 5.82 Å². The molecule has 21 heavy (non-hydrogen) atoms. The molecule has 1 saturated carbocycles. The molecule has 0 bridgehead atoms. The molecule has 0 spiro atoms. The number of aromatic nitrogens is 1. The standard InChI is InChI=1S/C16H23N3O2/c1-2-8-17-15-7-6-12(11-18-15)16(20)19-9-10-21-14-5-3-4-13(14)19/h6-7,11,13-14H,2-5,8-10H2,1H3,(H,17,18). The lowest BCUT2D eigenvalue weighted by Crippen LogP contribution is -2.51. The van der Waals surface area contributed by atoms with E-state index in [1.165, 1.54) is 0 Å². The molecule has 1 amide bonds. The Labute approximate surface area is 125 Å². The first-order valence-electron chi connectivity index (χ1n) is 7.92. The number of hydrogen-bond acceptors (Lipinski definition) is 4. The van der Waals surface area contributed by atoms with Crippen molar-refractivity contribution in [2.45, 2.75) is 44.8 Å². The van der Waals surface area contributed by atoms with Crippen molar-refractivity contribution < 1.29 is 9.53 Å². The van der Waals surface area contributed by atoms with Gasteiger partial charge in [0.2, 0.25) is 0 Å². The fraction of sp³-hybridized carbons (Fsp3) is 0.625. The van der Waals surface area contributed by atoms with Gasteiger partial charge in [-0.15, -0.1) is 0 Å². The fourth-order valence-electron chi connectivity index (χ4n) is 3.22. The number of hydrogen-bond donors (Lipinski definition) is 1. The molecule has 1 aliphatic heterocycles. The highest BCUT2D eigenvalue weighted by molar-refractivity contribution is 5.94. The van der Waals surface area contributed by atoms with E-state index >= 15 is 0 Å². The van der Waals surface area contributed by atoms with Gasteiger partial charge in [-0.2, -0.15) is 0 Å². The van der Waals surface area contributed by atoms with Crippen molar-refractivity contribution in [2.75, 3.05) is 25.0 Å². The topological polar surface area (TPSA) is 54.5 Å². The molecule has 1 N–H and O–H groups in total. The summed E-state index contributed by atoms with van der Waals surface area (Å²) >= 11 is 0. The summed E-state index contributed by atoms with van der Waals surface area (Å²) in [7, 11) is 0. The minimum atomic E-state index is 0.0877. The summed E-state index contributed by atoms with van der Waals surface area (Å²) in [5.41, 5.74) is 0.671. The van der Waals surface area contributed by atoms with E-state index < -0.39 is 0 Å². The number of anilines is 1. The van der Waals surface area contributed by atoms with Gasteiger partial charge in [0, 0.05) is 19.3 Å². The summed E-state index contributed by atoms with van der Waals surface area (Å²) in [5.74, 6) is 0.916. The molecular weight excluding hydrogens is 266 g/mol. The van der Waals surface area contributed by atoms with Gasteiger partial charge in [-0.25, -0.2) is 4.98 Å². The summed E-state index contributed by atoms with van der Waals surface area (Å²) < 4.78 is 5.76. The fourth-order valence-corrected chi connectivity index (χ4v) is 3.22. The van der Waals surface area contributed by atoms with Gasteiger partial charge in [0.05, 0.1) is 24.3 Å². The molecule has 114 valence electrons. The number of carbonyl (C=O) groups is 1. The SMILES string of the molecule is CCCNc1ccc(C(=O)N2CCOC3CCCC32)cn1. The zero-order valence-electron chi connectivity index (χ0n) is 12.5. The molecule has 1 aliphatic carbocycles. The van der Waals surface area contributed by atoms with Gasteiger partial charge in [0.25, 0.3) is 5.91 Å². The Bertz CT molecular complexity index is 489. The quantitative estimate of drug-likeness (QED) is 0.924. The Morgan fingerprint density at radius 3 is 3.14 bits per heavy atom. The molecule has 5 nitrogen and oxygen atoms in total. The minimum absolute atomic E-state index is 0.0877. The predicted molar refractivity (Wildman–Crippen MR) is 81.4 cm³/mol. The van der Waals surface area contributed by atoms with Crippen LogP contribution in [0.2, 0.25) is 0 Å². The Hall–Kier alpha value is -1.62. The molecule has 1 aromatic rings. The third-order valence-corrected chi connectivity index (χ3v) is 4.31. The number of pyridine rings is 1. The van der Waals surface area contributed by atoms with Crippen LogP contribution in [-0.2, 0) is 4.74 Å². The van der Waals surface area contributed by atoms with Crippen LogP contribution in [0, 0.1) is 0 Å². The van der Waals surface area contributed by atoms with Crippen molar-refractivity contribution in [1.29, 1.82) is 0 Å². The van der Waals surface area contributed by atoms with Crippen molar-refractivity contribution >= 4 is 11.7 Å². The van der Waals surface area contributed by atoms with Crippen molar-refractivity contribution in [3.05, 3.63) is 23.9 Å². The number of nitrogens with zero attached hydrogens (tertiary/aromatic N) is 2. The Kier molecular flexibility index (Phi) is 4.39. The largest absolute Gasteiger partial charge is 0.374 e. The lowest BCUT2D eigenvalue weighted by molar-refractivity contribution is -0.0445. The van der Waals surface area contributed by atoms with E-state index in [0.717, 1.165) is 38.0 Å². The number of ether oxygens (including phenoxy) is 1. The number of fused-ring (bicyclic) bond motifs is 1. The van der Waals surface area contributed by atoms with Gasteiger partial charge in [-0.05, 0) is 37.8 Å². The van der Waals surface area contributed by atoms with Crippen molar-refractivity contribution in [1.82, 2.24) is 9.88 Å². The van der Waals surface area contributed by atoms with E-state index in [-0.39, 0.29) is 18.1 Å². The summed E-state index contributed by atoms with van der Waals surface area (Å²) in [4.78, 5) is 19.0. The molecule has 0 aromatic carbocycles. The lowest BCUT2D eigenvalue weighted by atomic mass is 10.1. The molecule has 3 rings (SSSR count). The molecule has 1 saturated heterocycles. The molecule has 2 atom stereocenters. The second kappa shape index (κ2) is 6.43. The van der Waals surface area contributed by atoms with Crippen molar-refractivity contribution in [3.8, 4) is 0 Å².